The quantitative estimate of drug-likeness (QED) is 0.921. The summed E-state index contributed by atoms with van der Waals surface area (Å²) in [6, 6.07) is 0. The lowest BCUT2D eigenvalue weighted by molar-refractivity contribution is 0.0357. The van der Waals surface area contributed by atoms with Crippen molar-refractivity contribution in [2.75, 3.05) is 13.6 Å². The Morgan fingerprint density at radius 1 is 1.32 bits per heavy atom. The lowest BCUT2D eigenvalue weighted by Gasteiger charge is -2.48. The monoisotopic (exact) mass is 281 g/mol. The molecule has 1 heterocycles. The molecule has 1 aliphatic rings. The average molecular weight is 281 g/mol. The van der Waals surface area contributed by atoms with Crippen molar-refractivity contribution < 1.29 is 0 Å². The summed E-state index contributed by atoms with van der Waals surface area (Å²) in [5.74, 6) is 0. The molecule has 2 N–H and O–H groups in total. The summed E-state index contributed by atoms with van der Waals surface area (Å²) in [6.45, 7) is 8.48. The van der Waals surface area contributed by atoms with Crippen LogP contribution in [0.1, 0.15) is 50.2 Å². The fraction of sp³-hybridized carbons (Fsp3) is 0.800. The molecular weight excluding hydrogens is 254 g/mol. The smallest absolute Gasteiger partial charge is 0.0897 e. The molecule has 0 radical (unpaired) electrons. The van der Waals surface area contributed by atoms with Gasteiger partial charge in [0.1, 0.15) is 0 Å². The van der Waals surface area contributed by atoms with E-state index in [1.165, 1.54) is 31.4 Å². The third-order valence-corrected chi connectivity index (χ3v) is 5.61. The molecule has 3 nitrogen and oxygen atoms in total. The van der Waals surface area contributed by atoms with E-state index in [4.69, 9.17) is 5.73 Å². The number of hydrogen-bond donors (Lipinski definition) is 1. The first kappa shape index (κ1) is 14.9. The highest BCUT2D eigenvalue weighted by Crippen LogP contribution is 2.42. The van der Waals surface area contributed by atoms with Crippen molar-refractivity contribution in [1.82, 2.24) is 9.88 Å². The van der Waals surface area contributed by atoms with Gasteiger partial charge in [0.15, 0.2) is 0 Å². The molecule has 1 aromatic rings. The van der Waals surface area contributed by atoms with Crippen molar-refractivity contribution in [3.63, 3.8) is 0 Å². The van der Waals surface area contributed by atoms with Gasteiger partial charge in [-0.1, -0.05) is 13.8 Å². The zero-order valence-electron chi connectivity index (χ0n) is 12.7. The molecule has 0 unspecified atom stereocenters. The predicted molar refractivity (Wildman–Crippen MR) is 82.4 cm³/mol. The molecular formula is C15H27N3S. The van der Waals surface area contributed by atoms with Crippen molar-refractivity contribution in [1.29, 1.82) is 0 Å². The largest absolute Gasteiger partial charge is 0.329 e. The van der Waals surface area contributed by atoms with Gasteiger partial charge in [0, 0.05) is 24.0 Å². The second-order valence-corrected chi connectivity index (χ2v) is 7.87. The first-order chi connectivity index (χ1) is 8.87. The van der Waals surface area contributed by atoms with Gasteiger partial charge in [-0.25, -0.2) is 4.98 Å². The molecule has 0 aromatic carbocycles. The van der Waals surface area contributed by atoms with Gasteiger partial charge >= 0.3 is 0 Å². The zero-order valence-corrected chi connectivity index (χ0v) is 13.5. The van der Waals surface area contributed by atoms with Crippen molar-refractivity contribution in [3.05, 3.63) is 16.1 Å². The van der Waals surface area contributed by atoms with Crippen LogP contribution in [0.15, 0.2) is 5.38 Å². The Hall–Kier alpha value is -0.450. The summed E-state index contributed by atoms with van der Waals surface area (Å²) < 4.78 is 0. The number of aromatic nitrogens is 1. The van der Waals surface area contributed by atoms with Crippen LogP contribution >= 0.6 is 11.3 Å². The molecule has 0 aliphatic heterocycles. The number of hydrogen-bond acceptors (Lipinski definition) is 4. The standard InChI is InChI=1S/C15H27N3S/c1-12-17-13(10-19-12)9-18(4)15(11-16)7-5-14(2,3)6-8-15/h10H,5-9,11,16H2,1-4H3. The molecule has 19 heavy (non-hydrogen) atoms. The Morgan fingerprint density at radius 2 is 1.95 bits per heavy atom. The first-order valence-electron chi connectivity index (χ1n) is 7.19. The van der Waals surface area contributed by atoms with Gasteiger partial charge in [-0.3, -0.25) is 4.90 Å². The van der Waals surface area contributed by atoms with Gasteiger partial charge < -0.3 is 5.73 Å². The minimum Gasteiger partial charge on any atom is -0.329 e. The van der Waals surface area contributed by atoms with Gasteiger partial charge in [-0.05, 0) is 45.1 Å². The average Bonchev–Trinajstić information content (AvgIpc) is 2.75. The van der Waals surface area contributed by atoms with Crippen molar-refractivity contribution >= 4 is 11.3 Å². The van der Waals surface area contributed by atoms with E-state index < -0.39 is 0 Å². The maximum absolute atomic E-state index is 6.13. The molecule has 1 aliphatic carbocycles. The van der Waals surface area contributed by atoms with Gasteiger partial charge in [-0.2, -0.15) is 0 Å². The van der Waals surface area contributed by atoms with Crippen molar-refractivity contribution in [2.45, 2.75) is 58.5 Å². The van der Waals surface area contributed by atoms with Crippen LogP contribution in [0.3, 0.4) is 0 Å². The Labute approximate surface area is 121 Å². The molecule has 1 aromatic heterocycles. The van der Waals surface area contributed by atoms with Crippen LogP contribution in [0.5, 0.6) is 0 Å². The Morgan fingerprint density at radius 3 is 2.42 bits per heavy atom. The molecule has 1 saturated carbocycles. The third kappa shape index (κ3) is 3.36. The SMILES string of the molecule is Cc1nc(CN(C)C2(CN)CCC(C)(C)CC2)cs1. The minimum atomic E-state index is 0.174. The number of rotatable bonds is 4. The van der Waals surface area contributed by atoms with E-state index >= 15 is 0 Å². The van der Waals surface area contributed by atoms with E-state index in [0.717, 1.165) is 18.1 Å². The summed E-state index contributed by atoms with van der Waals surface area (Å²) in [7, 11) is 2.21. The first-order valence-corrected chi connectivity index (χ1v) is 8.07. The minimum absolute atomic E-state index is 0.174. The molecule has 1 fully saturated rings. The van der Waals surface area contributed by atoms with Crippen LogP contribution < -0.4 is 5.73 Å². The van der Waals surface area contributed by atoms with Crippen molar-refractivity contribution in [3.8, 4) is 0 Å². The number of thiazole rings is 1. The molecule has 0 atom stereocenters. The lowest BCUT2D eigenvalue weighted by Crippen LogP contribution is -2.54. The van der Waals surface area contributed by atoms with Gasteiger partial charge in [0.25, 0.3) is 0 Å². The van der Waals surface area contributed by atoms with E-state index in [-0.39, 0.29) is 5.54 Å². The van der Waals surface area contributed by atoms with E-state index in [9.17, 15) is 0 Å². The number of nitrogens with two attached hydrogens (primary N) is 1. The van der Waals surface area contributed by atoms with E-state index in [1.807, 2.05) is 0 Å². The van der Waals surface area contributed by atoms with E-state index in [2.05, 4.69) is 43.1 Å². The highest BCUT2D eigenvalue weighted by atomic mass is 32.1. The number of aryl methyl sites for hydroxylation is 1. The molecule has 0 saturated heterocycles. The summed E-state index contributed by atoms with van der Waals surface area (Å²) in [6.07, 6.45) is 4.95. The fourth-order valence-electron chi connectivity index (χ4n) is 3.03. The topological polar surface area (TPSA) is 42.2 Å². The van der Waals surface area contributed by atoms with E-state index in [1.54, 1.807) is 11.3 Å². The summed E-state index contributed by atoms with van der Waals surface area (Å²) in [4.78, 5) is 7.02. The summed E-state index contributed by atoms with van der Waals surface area (Å²) in [5, 5.41) is 3.32. The number of likely N-dealkylation sites (N-methyl/N-ethyl adjacent to an activating group) is 1. The van der Waals surface area contributed by atoms with Crippen LogP contribution in [0.25, 0.3) is 0 Å². The maximum atomic E-state index is 6.13. The molecule has 2 rings (SSSR count). The fourth-order valence-corrected chi connectivity index (χ4v) is 3.63. The molecule has 0 bridgehead atoms. The molecule has 4 heteroatoms. The Bertz CT molecular complexity index is 415. The van der Waals surface area contributed by atoms with Crippen molar-refractivity contribution in [2.24, 2.45) is 11.1 Å². The lowest BCUT2D eigenvalue weighted by atomic mass is 9.69. The zero-order chi connectivity index (χ0) is 14.1. The van der Waals surface area contributed by atoms with Gasteiger partial charge in [0.2, 0.25) is 0 Å². The van der Waals surface area contributed by atoms with Crippen LogP contribution in [0.4, 0.5) is 0 Å². The molecule has 0 amide bonds. The van der Waals surface area contributed by atoms with Gasteiger partial charge in [0.05, 0.1) is 10.7 Å². The predicted octanol–water partition coefficient (Wildman–Crippen LogP) is 3.18. The Kier molecular flexibility index (Phi) is 4.33. The number of nitrogens with zero attached hydrogens (tertiary/aromatic N) is 2. The highest BCUT2D eigenvalue weighted by Gasteiger charge is 2.40. The molecule has 108 valence electrons. The maximum Gasteiger partial charge on any atom is 0.0897 e. The Balaban J connectivity index is 2.05. The van der Waals surface area contributed by atoms with Gasteiger partial charge in [-0.15, -0.1) is 11.3 Å². The normalized spacial score (nSPS) is 21.8. The second kappa shape index (κ2) is 5.51. The third-order valence-electron chi connectivity index (χ3n) is 4.79. The van der Waals surface area contributed by atoms with Crippen LogP contribution in [-0.2, 0) is 6.54 Å². The van der Waals surface area contributed by atoms with Crippen LogP contribution in [0.2, 0.25) is 0 Å². The summed E-state index contributed by atoms with van der Waals surface area (Å²) in [5.41, 5.74) is 7.97. The second-order valence-electron chi connectivity index (χ2n) is 6.81. The highest BCUT2D eigenvalue weighted by molar-refractivity contribution is 7.09. The van der Waals surface area contributed by atoms with Crippen LogP contribution in [0, 0.1) is 12.3 Å². The molecule has 0 spiro atoms. The van der Waals surface area contributed by atoms with Crippen LogP contribution in [-0.4, -0.2) is 29.0 Å². The summed E-state index contributed by atoms with van der Waals surface area (Å²) >= 11 is 1.73. The van der Waals surface area contributed by atoms with E-state index in [0.29, 0.717) is 5.41 Å².